The number of hydrogen-bond donors (Lipinski definition) is 5. The molecular weight excluding hydrogens is 472 g/mol. The standard InChI is InChI=1S/C19H21ClF4N6O3/c20-11-3-10(4-12(21)14(11)22)28-15(31)9-1-2-30(6-9)17(33)16(32)29-18(13(25)5-27-26)7-19(23,24)8-18/h3-5,9,27H,1-2,6-8,25-26H2,(H,28,31)(H,29,32)/b13-5-. The summed E-state index contributed by atoms with van der Waals surface area (Å²) in [6, 6.07) is 1.79. The average molecular weight is 493 g/mol. The number of rotatable bonds is 5. The third-order valence-corrected chi connectivity index (χ3v) is 5.83. The Labute approximate surface area is 190 Å². The third kappa shape index (κ3) is 5.14. The van der Waals surface area contributed by atoms with Crippen LogP contribution in [0.2, 0.25) is 5.02 Å². The van der Waals surface area contributed by atoms with Gasteiger partial charge < -0.3 is 26.7 Å². The fraction of sp³-hybridized carbons (Fsp3) is 0.421. The molecule has 33 heavy (non-hydrogen) atoms. The highest BCUT2D eigenvalue weighted by Crippen LogP contribution is 2.48. The number of nitrogens with two attached hydrogens (primary N) is 2. The largest absolute Gasteiger partial charge is 0.399 e. The molecule has 7 N–H and O–H groups in total. The molecule has 1 aliphatic carbocycles. The summed E-state index contributed by atoms with van der Waals surface area (Å²) in [5.41, 5.74) is 5.97. The van der Waals surface area contributed by atoms with Gasteiger partial charge in [0.1, 0.15) is 0 Å². The van der Waals surface area contributed by atoms with Gasteiger partial charge in [0.15, 0.2) is 11.6 Å². The van der Waals surface area contributed by atoms with Crippen molar-refractivity contribution < 1.29 is 31.9 Å². The molecular formula is C19H21ClF4N6O3. The molecule has 1 aliphatic heterocycles. The number of hydrazine groups is 1. The van der Waals surface area contributed by atoms with E-state index < -0.39 is 64.6 Å². The van der Waals surface area contributed by atoms with E-state index in [0.717, 1.165) is 23.2 Å². The van der Waals surface area contributed by atoms with E-state index in [1.165, 1.54) is 0 Å². The molecule has 1 saturated carbocycles. The van der Waals surface area contributed by atoms with E-state index in [1.54, 1.807) is 0 Å². The van der Waals surface area contributed by atoms with Gasteiger partial charge in [-0.2, -0.15) is 0 Å². The molecule has 2 fully saturated rings. The number of likely N-dealkylation sites (tertiary alicyclic amines) is 1. The number of hydrogen-bond acceptors (Lipinski definition) is 6. The maximum absolute atomic E-state index is 13.5. The van der Waals surface area contributed by atoms with Crippen LogP contribution in [0.4, 0.5) is 23.2 Å². The molecule has 1 aromatic carbocycles. The Morgan fingerprint density at radius 2 is 1.88 bits per heavy atom. The summed E-state index contributed by atoms with van der Waals surface area (Å²) in [7, 11) is 0. The molecule has 0 aromatic heterocycles. The van der Waals surface area contributed by atoms with Gasteiger partial charge in [0.2, 0.25) is 5.91 Å². The maximum atomic E-state index is 13.5. The Morgan fingerprint density at radius 1 is 1.21 bits per heavy atom. The third-order valence-electron chi connectivity index (χ3n) is 5.56. The number of carbonyl (C=O) groups excluding carboxylic acids is 3. The van der Waals surface area contributed by atoms with E-state index in [4.69, 9.17) is 23.2 Å². The molecule has 0 bridgehead atoms. The Bertz CT molecular complexity index is 990. The van der Waals surface area contributed by atoms with Crippen molar-refractivity contribution in [2.75, 3.05) is 18.4 Å². The van der Waals surface area contributed by atoms with E-state index >= 15 is 0 Å². The predicted octanol–water partition coefficient (Wildman–Crippen LogP) is 0.953. The second-order valence-corrected chi connectivity index (χ2v) is 8.40. The molecule has 2 aliphatic rings. The summed E-state index contributed by atoms with van der Waals surface area (Å²) < 4.78 is 53.7. The number of nitrogens with zero attached hydrogens (tertiary/aromatic N) is 1. The number of alkyl halides is 2. The number of amides is 3. The second kappa shape index (κ2) is 9.06. The first-order valence-corrected chi connectivity index (χ1v) is 10.1. The highest BCUT2D eigenvalue weighted by molar-refractivity contribution is 6.35. The van der Waals surface area contributed by atoms with Crippen molar-refractivity contribution in [3.63, 3.8) is 0 Å². The molecule has 0 radical (unpaired) electrons. The van der Waals surface area contributed by atoms with Gasteiger partial charge in [-0.3, -0.25) is 20.2 Å². The number of benzene rings is 1. The topological polar surface area (TPSA) is 143 Å². The zero-order chi connectivity index (χ0) is 24.6. The van der Waals surface area contributed by atoms with Crippen molar-refractivity contribution >= 4 is 35.0 Å². The summed E-state index contributed by atoms with van der Waals surface area (Å²) in [5, 5.41) is 4.12. The summed E-state index contributed by atoms with van der Waals surface area (Å²) in [5.74, 6) is -3.97. The van der Waals surface area contributed by atoms with Gasteiger partial charge >= 0.3 is 11.8 Å². The zero-order valence-electron chi connectivity index (χ0n) is 17.1. The Kier molecular flexibility index (Phi) is 6.75. The lowest BCUT2D eigenvalue weighted by molar-refractivity contribution is -0.153. The quantitative estimate of drug-likeness (QED) is 0.136. The molecule has 1 saturated heterocycles. The van der Waals surface area contributed by atoms with Crippen LogP contribution in [0.1, 0.15) is 19.3 Å². The van der Waals surface area contributed by atoms with E-state index in [1.807, 2.05) is 0 Å². The van der Waals surface area contributed by atoms with Crippen LogP contribution in [-0.2, 0) is 14.4 Å². The molecule has 1 aromatic rings. The van der Waals surface area contributed by atoms with Crippen LogP contribution in [0.5, 0.6) is 0 Å². The maximum Gasteiger partial charge on any atom is 0.311 e. The van der Waals surface area contributed by atoms with Crippen LogP contribution < -0.4 is 27.6 Å². The summed E-state index contributed by atoms with van der Waals surface area (Å²) in [6.07, 6.45) is -0.374. The van der Waals surface area contributed by atoms with Gasteiger partial charge in [-0.25, -0.2) is 17.6 Å². The number of anilines is 1. The second-order valence-electron chi connectivity index (χ2n) is 7.99. The van der Waals surface area contributed by atoms with Crippen LogP contribution in [-0.4, -0.2) is 47.2 Å². The highest BCUT2D eigenvalue weighted by Gasteiger charge is 2.59. The fourth-order valence-corrected chi connectivity index (χ4v) is 4.08. The molecule has 180 valence electrons. The first kappa shape index (κ1) is 24.6. The molecule has 0 spiro atoms. The zero-order valence-corrected chi connectivity index (χ0v) is 17.8. The van der Waals surface area contributed by atoms with E-state index in [2.05, 4.69) is 16.1 Å². The number of nitrogens with one attached hydrogen (secondary N) is 3. The smallest absolute Gasteiger partial charge is 0.311 e. The normalized spacial score (nSPS) is 21.2. The van der Waals surface area contributed by atoms with Gasteiger partial charge in [-0.05, 0) is 12.5 Å². The SMILES string of the molecule is NN/C=C(\N)C1(NC(=O)C(=O)N2CCC(C(=O)Nc3cc(F)c(F)c(Cl)c3)C2)CC(F)(F)C1. The fourth-order valence-electron chi connectivity index (χ4n) is 3.87. The van der Waals surface area contributed by atoms with Gasteiger partial charge in [0.05, 0.1) is 22.2 Å². The van der Waals surface area contributed by atoms with Crippen molar-refractivity contribution in [3.8, 4) is 0 Å². The van der Waals surface area contributed by atoms with E-state index in [-0.39, 0.29) is 30.9 Å². The molecule has 3 amide bonds. The van der Waals surface area contributed by atoms with Crippen LogP contribution >= 0.6 is 11.6 Å². The van der Waals surface area contributed by atoms with Crippen molar-refractivity contribution in [1.29, 1.82) is 0 Å². The minimum absolute atomic E-state index is 0.0434. The van der Waals surface area contributed by atoms with Gasteiger partial charge in [-0.1, -0.05) is 11.6 Å². The monoisotopic (exact) mass is 492 g/mol. The summed E-state index contributed by atoms with van der Waals surface area (Å²) in [4.78, 5) is 38.5. The molecule has 1 atom stereocenters. The predicted molar refractivity (Wildman–Crippen MR) is 109 cm³/mol. The van der Waals surface area contributed by atoms with Crippen molar-refractivity contribution in [2.24, 2.45) is 17.5 Å². The molecule has 3 rings (SSSR count). The van der Waals surface area contributed by atoms with Gasteiger partial charge in [0, 0.05) is 43.9 Å². The minimum atomic E-state index is -3.07. The molecule has 9 nitrogen and oxygen atoms in total. The molecule has 1 unspecified atom stereocenters. The van der Waals surface area contributed by atoms with Crippen LogP contribution in [0.15, 0.2) is 24.0 Å². The lowest BCUT2D eigenvalue weighted by Gasteiger charge is -2.47. The Balaban J connectivity index is 1.61. The Morgan fingerprint density at radius 3 is 2.45 bits per heavy atom. The van der Waals surface area contributed by atoms with E-state index in [9.17, 15) is 31.9 Å². The van der Waals surface area contributed by atoms with Crippen LogP contribution in [0.25, 0.3) is 0 Å². The summed E-state index contributed by atoms with van der Waals surface area (Å²) in [6.45, 7) is -0.101. The first-order chi connectivity index (χ1) is 15.4. The number of carbonyl (C=O) groups is 3. The highest BCUT2D eigenvalue weighted by atomic mass is 35.5. The lowest BCUT2D eigenvalue weighted by Crippen LogP contribution is -2.66. The first-order valence-electron chi connectivity index (χ1n) is 9.74. The average Bonchev–Trinajstić information content (AvgIpc) is 3.20. The van der Waals surface area contributed by atoms with Crippen molar-refractivity contribution in [3.05, 3.63) is 40.7 Å². The van der Waals surface area contributed by atoms with Crippen LogP contribution in [0, 0.1) is 17.6 Å². The minimum Gasteiger partial charge on any atom is -0.399 e. The number of halogens is 5. The Hall–Kier alpha value is -3.06. The van der Waals surface area contributed by atoms with Crippen molar-refractivity contribution in [2.45, 2.75) is 30.7 Å². The van der Waals surface area contributed by atoms with Gasteiger partial charge in [-0.15, -0.1) is 0 Å². The summed E-state index contributed by atoms with van der Waals surface area (Å²) >= 11 is 5.56. The van der Waals surface area contributed by atoms with Crippen LogP contribution in [0.3, 0.4) is 0 Å². The van der Waals surface area contributed by atoms with E-state index in [0.29, 0.717) is 0 Å². The molecule has 1 heterocycles. The van der Waals surface area contributed by atoms with Crippen molar-refractivity contribution in [1.82, 2.24) is 15.6 Å². The van der Waals surface area contributed by atoms with Gasteiger partial charge in [0.25, 0.3) is 5.92 Å². The molecule has 14 heteroatoms. The lowest BCUT2D eigenvalue weighted by atomic mass is 9.71.